The SMILES string of the molecule is CCCCC(CC)CC1(CC(CC)CCCC)c2cc(B3OC(C)(C)C(C)(C)O3)ccc2-c2ccc(B3OC(C)(C)C(C)(C)O3)cc21. The molecule has 2 fully saturated rings. The number of hydrogen-bond acceptors (Lipinski definition) is 4. The predicted molar refractivity (Wildman–Crippen MR) is 200 cm³/mol. The number of benzene rings is 2. The number of fused-ring (bicyclic) bond motifs is 3. The van der Waals surface area contributed by atoms with Crippen molar-refractivity contribution in [2.24, 2.45) is 11.8 Å². The molecule has 0 saturated carbocycles. The zero-order chi connectivity index (χ0) is 34.4. The van der Waals surface area contributed by atoms with Crippen molar-refractivity contribution in [3.05, 3.63) is 47.5 Å². The van der Waals surface area contributed by atoms with Gasteiger partial charge in [0.2, 0.25) is 0 Å². The Morgan fingerprint density at radius 1 is 0.532 bits per heavy atom. The summed E-state index contributed by atoms with van der Waals surface area (Å²) < 4.78 is 26.5. The van der Waals surface area contributed by atoms with Gasteiger partial charge in [-0.15, -0.1) is 0 Å². The zero-order valence-corrected chi connectivity index (χ0v) is 32.0. The largest absolute Gasteiger partial charge is 0.494 e. The summed E-state index contributed by atoms with van der Waals surface area (Å²) >= 11 is 0. The highest BCUT2D eigenvalue weighted by Crippen LogP contribution is 2.56. The highest BCUT2D eigenvalue weighted by molar-refractivity contribution is 6.62. The molecule has 47 heavy (non-hydrogen) atoms. The molecule has 2 atom stereocenters. The summed E-state index contributed by atoms with van der Waals surface area (Å²) in [6, 6.07) is 14.2. The van der Waals surface area contributed by atoms with Gasteiger partial charge in [0.15, 0.2) is 0 Å². The van der Waals surface area contributed by atoms with Gasteiger partial charge >= 0.3 is 14.2 Å². The second kappa shape index (κ2) is 13.6. The molecule has 2 aromatic rings. The van der Waals surface area contributed by atoms with Crippen LogP contribution in [0, 0.1) is 11.8 Å². The molecule has 3 aliphatic rings. The maximum atomic E-state index is 6.64. The van der Waals surface area contributed by atoms with Crippen LogP contribution in [0.2, 0.25) is 0 Å². The minimum atomic E-state index is -0.380. The van der Waals surface area contributed by atoms with Crippen LogP contribution in [0.5, 0.6) is 0 Å². The molecule has 0 N–H and O–H groups in total. The van der Waals surface area contributed by atoms with Crippen LogP contribution in [0.4, 0.5) is 0 Å². The van der Waals surface area contributed by atoms with Crippen LogP contribution in [0.25, 0.3) is 11.1 Å². The Hall–Kier alpha value is -1.59. The molecule has 1 aliphatic carbocycles. The van der Waals surface area contributed by atoms with Gasteiger partial charge in [0.1, 0.15) is 0 Å². The van der Waals surface area contributed by atoms with Crippen LogP contribution in [0.1, 0.15) is 158 Å². The second-order valence-electron chi connectivity index (χ2n) is 17.1. The molecule has 0 bridgehead atoms. The van der Waals surface area contributed by atoms with Gasteiger partial charge in [0.25, 0.3) is 0 Å². The Kier molecular flexibility index (Phi) is 10.6. The third-order valence-electron chi connectivity index (χ3n) is 12.8. The summed E-state index contributed by atoms with van der Waals surface area (Å²) in [5, 5.41) is 0. The van der Waals surface area contributed by atoms with Gasteiger partial charge < -0.3 is 18.6 Å². The van der Waals surface area contributed by atoms with Gasteiger partial charge in [0, 0.05) is 5.41 Å². The second-order valence-corrected chi connectivity index (χ2v) is 17.1. The summed E-state index contributed by atoms with van der Waals surface area (Å²) in [4.78, 5) is 0. The standard InChI is InChI=1S/C41H64B2O4/c1-13-17-19-29(15-3)27-41(28-30(16-4)20-18-14-2)35-25-31(42-44-37(5,6)38(7,8)45-42)21-23-33(35)34-24-22-32(26-36(34)41)43-46-39(9,10)40(11,12)47-43/h21-26,29-30H,13-20,27-28H2,1-12H3. The topological polar surface area (TPSA) is 36.9 Å². The molecule has 0 radical (unpaired) electrons. The molecule has 258 valence electrons. The predicted octanol–water partition coefficient (Wildman–Crippen LogP) is 9.76. The van der Waals surface area contributed by atoms with Crippen molar-refractivity contribution in [1.29, 1.82) is 0 Å². The Morgan fingerprint density at radius 2 is 0.872 bits per heavy atom. The maximum Gasteiger partial charge on any atom is 0.494 e. The van der Waals surface area contributed by atoms with E-state index in [-0.39, 0.29) is 42.1 Å². The average molecular weight is 643 g/mol. The third kappa shape index (κ3) is 6.80. The summed E-state index contributed by atoms with van der Waals surface area (Å²) in [6.45, 7) is 26.7. The first kappa shape index (κ1) is 36.7. The third-order valence-corrected chi connectivity index (χ3v) is 12.8. The van der Waals surface area contributed by atoms with Crippen molar-refractivity contribution in [3.8, 4) is 11.1 Å². The molecule has 2 aliphatic heterocycles. The summed E-state index contributed by atoms with van der Waals surface area (Å²) in [5.41, 5.74) is 6.32. The molecule has 5 rings (SSSR count). The van der Waals surface area contributed by atoms with E-state index in [1.807, 2.05) is 0 Å². The van der Waals surface area contributed by atoms with Gasteiger partial charge in [0.05, 0.1) is 22.4 Å². The van der Waals surface area contributed by atoms with E-state index in [1.54, 1.807) is 0 Å². The van der Waals surface area contributed by atoms with Gasteiger partial charge in [-0.1, -0.05) is 115 Å². The lowest BCUT2D eigenvalue weighted by atomic mass is 9.63. The first-order valence-corrected chi connectivity index (χ1v) is 19.0. The first-order chi connectivity index (χ1) is 22.0. The van der Waals surface area contributed by atoms with Crippen LogP contribution >= 0.6 is 0 Å². The molecule has 0 aromatic heterocycles. The lowest BCUT2D eigenvalue weighted by Gasteiger charge is -2.39. The van der Waals surface area contributed by atoms with Gasteiger partial charge in [-0.05, 0) is 113 Å². The Morgan fingerprint density at radius 3 is 1.17 bits per heavy atom. The highest BCUT2D eigenvalue weighted by atomic mass is 16.7. The maximum absolute atomic E-state index is 6.64. The van der Waals surface area contributed by atoms with Crippen LogP contribution in [-0.2, 0) is 24.0 Å². The normalized spacial score (nSPS) is 22.7. The van der Waals surface area contributed by atoms with Gasteiger partial charge in [-0.25, -0.2) is 0 Å². The Bertz CT molecular complexity index is 1260. The summed E-state index contributed by atoms with van der Waals surface area (Å²) in [6.07, 6.45) is 12.3. The summed E-state index contributed by atoms with van der Waals surface area (Å²) in [7, 11) is -0.757. The average Bonchev–Trinajstić information content (AvgIpc) is 3.51. The molecule has 4 nitrogen and oxygen atoms in total. The van der Waals surface area contributed by atoms with Crippen molar-refractivity contribution in [2.45, 2.75) is 175 Å². The van der Waals surface area contributed by atoms with E-state index in [1.165, 1.54) is 73.6 Å². The minimum absolute atomic E-state index is 0.104. The lowest BCUT2D eigenvalue weighted by Crippen LogP contribution is -2.41. The van der Waals surface area contributed by atoms with Crippen molar-refractivity contribution in [3.63, 3.8) is 0 Å². The van der Waals surface area contributed by atoms with Crippen LogP contribution < -0.4 is 10.9 Å². The summed E-state index contributed by atoms with van der Waals surface area (Å²) in [5.74, 6) is 1.30. The number of hydrogen-bond donors (Lipinski definition) is 0. The fourth-order valence-corrected chi connectivity index (χ4v) is 8.18. The van der Waals surface area contributed by atoms with E-state index < -0.39 is 0 Å². The van der Waals surface area contributed by atoms with Crippen LogP contribution in [0.15, 0.2) is 36.4 Å². The molecule has 2 heterocycles. The molecule has 6 heteroatoms. The fraction of sp³-hybridized carbons (Fsp3) is 0.707. The van der Waals surface area contributed by atoms with Gasteiger partial charge in [-0.2, -0.15) is 0 Å². The van der Waals surface area contributed by atoms with E-state index in [9.17, 15) is 0 Å². The van der Waals surface area contributed by atoms with E-state index in [0.717, 1.165) is 23.8 Å². The first-order valence-electron chi connectivity index (χ1n) is 19.0. The molecule has 2 unspecified atom stereocenters. The van der Waals surface area contributed by atoms with Crippen LogP contribution in [0.3, 0.4) is 0 Å². The Labute approximate surface area is 288 Å². The molecule has 2 aromatic carbocycles. The molecular weight excluding hydrogens is 578 g/mol. The van der Waals surface area contributed by atoms with Crippen molar-refractivity contribution in [1.82, 2.24) is 0 Å². The monoisotopic (exact) mass is 642 g/mol. The van der Waals surface area contributed by atoms with E-state index in [2.05, 4.69) is 119 Å². The van der Waals surface area contributed by atoms with E-state index in [4.69, 9.17) is 18.6 Å². The minimum Gasteiger partial charge on any atom is -0.399 e. The Balaban J connectivity index is 1.69. The van der Waals surface area contributed by atoms with E-state index >= 15 is 0 Å². The smallest absolute Gasteiger partial charge is 0.399 e. The van der Waals surface area contributed by atoms with Crippen molar-refractivity contribution >= 4 is 25.2 Å². The molecule has 0 amide bonds. The molecular formula is C41H64B2O4. The zero-order valence-electron chi connectivity index (χ0n) is 32.0. The number of unbranched alkanes of at least 4 members (excludes halogenated alkanes) is 2. The molecule has 2 saturated heterocycles. The van der Waals surface area contributed by atoms with Crippen molar-refractivity contribution in [2.75, 3.05) is 0 Å². The van der Waals surface area contributed by atoms with Crippen molar-refractivity contribution < 1.29 is 18.6 Å². The quantitative estimate of drug-likeness (QED) is 0.192. The lowest BCUT2D eigenvalue weighted by molar-refractivity contribution is 0.00578. The fourth-order valence-electron chi connectivity index (χ4n) is 8.18. The molecule has 0 spiro atoms. The highest BCUT2D eigenvalue weighted by Gasteiger charge is 2.54. The van der Waals surface area contributed by atoms with E-state index in [0.29, 0.717) is 11.8 Å². The number of rotatable bonds is 14. The van der Waals surface area contributed by atoms with Crippen LogP contribution in [-0.4, -0.2) is 36.6 Å². The van der Waals surface area contributed by atoms with Gasteiger partial charge in [-0.3, -0.25) is 0 Å².